The molecule has 0 amide bonds. The number of aryl methyl sites for hydroxylation is 1. The molecule has 3 aliphatic rings. The standard InChI is InChI=1S/C17H18N5O6S.C12H18N5O7P.C11H14N5O4.C4H6O4.C2H4N4.C2H4O2.CH4O3S.CH4.2Y/c18-15-12-16(20-7-19-15)22(8-21-12)17-14(24)13(23)11(28-17)6-27-5-9-1-3-10(4-2-9)29(25)26;13-10-7-11(15-4-14-10)17(5-16-7)12-9(19)8(18)6(24-12)3-23-1-2-25(20,21)22;1-19-2-5-7(17)8(18)11(20-5)16-4-15-6-9(12)13-3-14-10(6)16;1-2(3(5)6)4(7)8;1-2-3-5-6-4-2;1-2(3)4;1-5(2,3)4;;;/h1-4,7-8,11,13-14,17,23-24H,5-6H2,(H2,18,19,20);4-6,8-9,12,18-19H,1-3H2,(H2,13,14,15)(H2,20,21,22);3-5,7-8,11,17-18H,1-2H2,(H2,12,13,14);2H,1H3,(H,5,6)(H,7,8);1H3,(H,3,4,5,6);1H3,(H,3,4);1H3,(H,2,3,4);1H4;;/q-1;;-1;;;;;;;/t11-,13-,14-,17?;6-,8-,9-,12?;5-,7-,8-,11?;;;;;;;/m111......./s1. The molecular weight excluding hydrogens is 1560 g/mol. The van der Waals surface area contributed by atoms with Crippen molar-refractivity contribution in [2.75, 3.05) is 56.0 Å². The van der Waals surface area contributed by atoms with Gasteiger partial charge in [0.25, 0.3) is 16.1 Å². The average molecular weight is 1630 g/mol. The van der Waals surface area contributed by atoms with E-state index in [4.69, 9.17) is 80.1 Å². The number of aromatic amines is 1. The number of aliphatic hydroxyl groups is 6. The summed E-state index contributed by atoms with van der Waals surface area (Å²) < 4.78 is 95.2. The fourth-order valence-electron chi connectivity index (χ4n) is 8.27. The molecule has 0 spiro atoms. The number of nitrogens with two attached hydrogens (primary N) is 3. The van der Waals surface area contributed by atoms with Crippen molar-refractivity contribution in [2.45, 2.75) is 113 Å². The van der Waals surface area contributed by atoms with E-state index in [0.29, 0.717) is 45.6 Å². The first-order valence-electron chi connectivity index (χ1n) is 27.4. The number of nitrogens with zero attached hydrogens (tertiary/aromatic N) is 15. The van der Waals surface area contributed by atoms with Crippen LogP contribution < -0.4 is 17.2 Å². The van der Waals surface area contributed by atoms with Gasteiger partial charge in [-0.25, -0.2) is 52.0 Å². The fourth-order valence-corrected chi connectivity index (χ4v) is 8.99. The smallest absolute Gasteiger partial charge is 0.327 e. The number of rotatable bonds is 17. The molecule has 7 aromatic heterocycles. The summed E-state index contributed by atoms with van der Waals surface area (Å²) in [6, 6.07) is 6.22. The van der Waals surface area contributed by atoms with Gasteiger partial charge in [0.15, 0.2) is 64.8 Å². The first-order valence-corrected chi connectivity index (χ1v) is 32.1. The number of anilines is 3. The van der Waals surface area contributed by atoms with Gasteiger partial charge >= 0.3 is 19.5 Å². The van der Waals surface area contributed by atoms with Crippen molar-refractivity contribution in [3.8, 4) is 0 Å². The van der Waals surface area contributed by atoms with Crippen molar-refractivity contribution < 1.29 is 190 Å². The number of benzene rings is 1. The zero-order valence-electron chi connectivity index (χ0n) is 52.2. The van der Waals surface area contributed by atoms with Crippen molar-refractivity contribution in [3.05, 3.63) is 80.7 Å². The van der Waals surface area contributed by atoms with Gasteiger partial charge in [0.2, 0.25) is 0 Å². The number of carboxylic acids is 3. The molecule has 12 atom stereocenters. The molecule has 1 aromatic carbocycles. The molecule has 19 N–H and O–H groups in total. The number of tetrazole rings is 1. The molecule has 3 unspecified atom stereocenters. The SMILES string of the molecule is C.CC(=O)O.CC(C(=O)O)C(=O)O.CS(=O)(=O)O.Cc1nn[nH]n1.Nc1ncnc2c1ncn2C1O[C@H](COCCP(=O)(O)O)[C@@H](O)[C@H]1O.Nc1ncnc2c1ncn2C1O[C@H](COCc2ccc([S-](=O)=O)cc2)[C@@H](O)[C@H]1O.[CH2-]OC[C@H]1OC(n2cnc3c(N)ncnc32)[C@H](O)[C@@H]1O.[Y].[Y]. The van der Waals surface area contributed by atoms with Crippen LogP contribution in [0.4, 0.5) is 17.5 Å². The molecule has 3 fully saturated rings. The monoisotopic (exact) mass is 1630 g/mol. The van der Waals surface area contributed by atoms with Crippen LogP contribution in [-0.2, 0) is 149 Å². The number of hydrogen-bond acceptors (Lipinski definition) is 36. The van der Waals surface area contributed by atoms with Crippen LogP contribution in [0.5, 0.6) is 0 Å². The predicted molar refractivity (Wildman–Crippen MR) is 330 cm³/mol. The van der Waals surface area contributed by atoms with Crippen LogP contribution in [0, 0.1) is 20.0 Å². The number of H-pyrrole nitrogens is 1. The van der Waals surface area contributed by atoms with Crippen LogP contribution in [0.25, 0.3) is 33.5 Å². The Balaban J connectivity index is 0.000000437. The second kappa shape index (κ2) is 41.6. The van der Waals surface area contributed by atoms with E-state index >= 15 is 0 Å². The number of aliphatic hydroxyl groups excluding tert-OH is 6. The predicted octanol–water partition coefficient (Wildman–Crippen LogP) is -3.50. The Bertz CT molecular complexity index is 4080. The summed E-state index contributed by atoms with van der Waals surface area (Å²) in [7, 11) is -6.87. The topological polar surface area (TPSA) is 698 Å². The summed E-state index contributed by atoms with van der Waals surface area (Å²) in [5, 5.41) is 97.2. The van der Waals surface area contributed by atoms with E-state index in [-0.39, 0.29) is 128 Å². The number of nitrogen functional groups attached to an aromatic ring is 3. The van der Waals surface area contributed by atoms with Gasteiger partial charge in [0.05, 0.1) is 57.8 Å². The molecular formula is C50H72N19O26PS2Y2-2. The van der Waals surface area contributed by atoms with E-state index in [1.807, 2.05) is 0 Å². The summed E-state index contributed by atoms with van der Waals surface area (Å²) in [5.74, 6) is -3.46. The Morgan fingerprint density at radius 1 is 0.660 bits per heavy atom. The quantitative estimate of drug-likeness (QED) is 0.0105. The molecule has 0 bridgehead atoms. The number of carbonyl (C=O) groups is 3. The van der Waals surface area contributed by atoms with Crippen molar-refractivity contribution in [2.24, 2.45) is 5.92 Å². The van der Waals surface area contributed by atoms with E-state index in [2.05, 4.69) is 72.6 Å². The van der Waals surface area contributed by atoms with Crippen LogP contribution in [-0.4, -0.2) is 260 Å². The second-order valence-electron chi connectivity index (χ2n) is 20.2. The zero-order valence-corrected chi connectivity index (χ0v) is 60.4. The minimum atomic E-state index is -4.15. The van der Waals surface area contributed by atoms with Crippen molar-refractivity contribution in [1.82, 2.24) is 79.2 Å². The third kappa shape index (κ3) is 26.4. The number of fused-ring (bicyclic) bond motifs is 3. The summed E-state index contributed by atoms with van der Waals surface area (Å²) in [5.41, 5.74) is 20.2. The molecule has 2 radical (unpaired) electrons. The van der Waals surface area contributed by atoms with Gasteiger partial charge < -0.3 is 110 Å². The minimum Gasteiger partial charge on any atom is -0.553 e. The van der Waals surface area contributed by atoms with Gasteiger partial charge in [-0.3, -0.25) is 37.2 Å². The van der Waals surface area contributed by atoms with E-state index < -0.39 is 132 Å². The molecule has 10 heterocycles. The summed E-state index contributed by atoms with van der Waals surface area (Å²) in [6.07, 6.45) is -3.87. The van der Waals surface area contributed by atoms with E-state index in [9.17, 15) is 61.6 Å². The molecule has 45 nitrogen and oxygen atoms in total. The number of nitrogens with one attached hydrogen (secondary N) is 1. The van der Waals surface area contributed by atoms with Gasteiger partial charge in [-0.1, -0.05) is 41.8 Å². The van der Waals surface area contributed by atoms with Crippen LogP contribution in [0.3, 0.4) is 0 Å². The van der Waals surface area contributed by atoms with Gasteiger partial charge in [-0.2, -0.15) is 13.6 Å². The number of ether oxygens (including phenoxy) is 6. The molecule has 3 aliphatic heterocycles. The molecule has 0 aliphatic carbocycles. The fraction of sp³-hybridized carbons (Fsp3) is 0.480. The third-order valence-electron chi connectivity index (χ3n) is 12.9. The maximum absolute atomic E-state index is 10.9. The summed E-state index contributed by atoms with van der Waals surface area (Å²) >= 11 is 0. The first-order chi connectivity index (χ1) is 45.5. The summed E-state index contributed by atoms with van der Waals surface area (Å²) in [6.45, 7) is 3.91. The number of hydrogen-bond donors (Lipinski definition) is 16. The largest absolute Gasteiger partial charge is 0.553 e. The zero-order chi connectivity index (χ0) is 72.2. The van der Waals surface area contributed by atoms with E-state index in [1.54, 1.807) is 19.1 Å². The van der Waals surface area contributed by atoms with E-state index in [0.717, 1.165) is 19.4 Å². The number of carboxylic acid groups (broad SMARTS) is 3. The molecule has 0 saturated carbocycles. The van der Waals surface area contributed by atoms with Crippen LogP contribution in [0.2, 0.25) is 0 Å². The average Bonchev–Trinajstić information content (AvgIpc) is 1.64. The number of aromatic nitrogens is 16. The molecule has 3 saturated heterocycles. The number of aliphatic carboxylic acids is 3. The maximum Gasteiger partial charge on any atom is 0.327 e. The van der Waals surface area contributed by atoms with Gasteiger partial charge in [0.1, 0.15) is 90.5 Å². The molecule has 548 valence electrons. The van der Waals surface area contributed by atoms with Crippen LogP contribution >= 0.6 is 7.60 Å². The summed E-state index contributed by atoms with van der Waals surface area (Å²) in [4.78, 5) is 82.3. The van der Waals surface area contributed by atoms with Crippen molar-refractivity contribution in [1.29, 1.82) is 0 Å². The first kappa shape index (κ1) is 89.6. The normalized spacial score (nSPS) is 22.0. The molecule has 11 rings (SSSR count). The van der Waals surface area contributed by atoms with Crippen LogP contribution in [0.15, 0.2) is 67.1 Å². The van der Waals surface area contributed by atoms with Crippen molar-refractivity contribution >= 4 is 97.3 Å². The van der Waals surface area contributed by atoms with Crippen LogP contribution in [0.1, 0.15) is 51.3 Å². The van der Waals surface area contributed by atoms with Gasteiger partial charge in [-0.05, 0) is 30.1 Å². The Labute approximate surface area is 617 Å². The maximum atomic E-state index is 10.9. The van der Waals surface area contributed by atoms with Gasteiger partial charge in [-0.15, -0.1) is 10.2 Å². The third-order valence-corrected chi connectivity index (χ3v) is 14.4. The Morgan fingerprint density at radius 3 is 1.29 bits per heavy atom. The van der Waals surface area contributed by atoms with Crippen molar-refractivity contribution in [3.63, 3.8) is 0 Å². The number of imidazole rings is 3. The Hall–Kier alpha value is -6.51. The molecule has 8 aromatic rings. The molecule has 100 heavy (non-hydrogen) atoms. The Kier molecular flexibility index (Phi) is 37.2. The van der Waals surface area contributed by atoms with Gasteiger partial charge in [0, 0.05) is 78.9 Å². The minimum absolute atomic E-state index is 0. The Morgan fingerprint density at radius 2 is 1.01 bits per heavy atom. The molecule has 50 heteroatoms. The van der Waals surface area contributed by atoms with E-state index in [1.165, 1.54) is 63.8 Å². The second-order valence-corrected chi connectivity index (χ2v) is 24.4.